The highest BCUT2D eigenvalue weighted by atomic mass is 79.9. The van der Waals surface area contributed by atoms with E-state index >= 15 is 0 Å². The van der Waals surface area contributed by atoms with Crippen molar-refractivity contribution >= 4 is 27.3 Å². The van der Waals surface area contributed by atoms with Crippen molar-refractivity contribution in [3.8, 4) is 0 Å². The molecule has 88 valence electrons. The Kier molecular flexibility index (Phi) is 6.47. The van der Waals surface area contributed by atoms with Gasteiger partial charge in [0.15, 0.2) is 0 Å². The lowest BCUT2D eigenvalue weighted by Gasteiger charge is -2.00. The molecule has 1 heterocycles. The standard InChI is InChI=1S/C7H6BrF3OS.C2H6/c8-6-4(1-2-12)3-5(13-6)7(9,10)11;1-2/h3,12H,1-2H2;1-2H3. The Balaban J connectivity index is 0.000000921. The third kappa shape index (κ3) is 4.53. The molecule has 0 aliphatic carbocycles. The fourth-order valence-electron chi connectivity index (χ4n) is 0.837. The van der Waals surface area contributed by atoms with Crippen LogP contribution in [0.25, 0.3) is 0 Å². The van der Waals surface area contributed by atoms with Crippen LogP contribution in [0.5, 0.6) is 0 Å². The number of aliphatic hydroxyl groups is 1. The molecule has 0 bridgehead atoms. The van der Waals surface area contributed by atoms with Crippen molar-refractivity contribution in [1.82, 2.24) is 0 Å². The predicted octanol–water partition coefficient (Wildman–Crippen LogP) is 4.09. The number of hydrogen-bond acceptors (Lipinski definition) is 2. The van der Waals surface area contributed by atoms with Crippen LogP contribution < -0.4 is 0 Å². The average molecular weight is 305 g/mol. The number of alkyl halides is 3. The highest BCUT2D eigenvalue weighted by Crippen LogP contribution is 2.39. The summed E-state index contributed by atoms with van der Waals surface area (Å²) in [7, 11) is 0. The molecule has 1 aromatic heterocycles. The summed E-state index contributed by atoms with van der Waals surface area (Å²) in [5, 5.41) is 8.56. The van der Waals surface area contributed by atoms with Gasteiger partial charge >= 0.3 is 6.18 Å². The number of thiophene rings is 1. The second-order valence-corrected chi connectivity index (χ2v) is 4.75. The second kappa shape index (κ2) is 6.50. The molecule has 0 radical (unpaired) electrons. The van der Waals surface area contributed by atoms with Gasteiger partial charge in [-0.25, -0.2) is 0 Å². The Morgan fingerprint density at radius 2 is 1.93 bits per heavy atom. The molecule has 0 fully saturated rings. The molecular formula is C9H12BrF3OS. The van der Waals surface area contributed by atoms with Crippen molar-refractivity contribution in [2.45, 2.75) is 26.4 Å². The first-order valence-corrected chi connectivity index (χ1v) is 6.02. The molecule has 0 unspecified atom stereocenters. The lowest BCUT2D eigenvalue weighted by Crippen LogP contribution is -2.01. The van der Waals surface area contributed by atoms with Crippen molar-refractivity contribution in [3.63, 3.8) is 0 Å². The maximum Gasteiger partial charge on any atom is 0.425 e. The van der Waals surface area contributed by atoms with Gasteiger partial charge in [0.1, 0.15) is 4.88 Å². The van der Waals surface area contributed by atoms with Crippen LogP contribution in [-0.2, 0) is 12.6 Å². The zero-order valence-electron chi connectivity index (χ0n) is 8.36. The van der Waals surface area contributed by atoms with Gasteiger partial charge in [0, 0.05) is 6.61 Å². The van der Waals surface area contributed by atoms with Crippen molar-refractivity contribution in [3.05, 3.63) is 20.3 Å². The normalized spacial score (nSPS) is 10.9. The van der Waals surface area contributed by atoms with Gasteiger partial charge in [0.25, 0.3) is 0 Å². The molecule has 0 atom stereocenters. The Bertz CT molecular complexity index is 296. The number of aliphatic hydroxyl groups excluding tert-OH is 1. The fourth-order valence-corrected chi connectivity index (χ4v) is 2.48. The van der Waals surface area contributed by atoms with E-state index in [0.717, 1.165) is 6.07 Å². The Morgan fingerprint density at radius 3 is 2.27 bits per heavy atom. The van der Waals surface area contributed by atoms with Gasteiger partial charge < -0.3 is 5.11 Å². The van der Waals surface area contributed by atoms with Crippen molar-refractivity contribution in [1.29, 1.82) is 0 Å². The van der Waals surface area contributed by atoms with E-state index in [-0.39, 0.29) is 13.0 Å². The monoisotopic (exact) mass is 304 g/mol. The quantitative estimate of drug-likeness (QED) is 0.872. The summed E-state index contributed by atoms with van der Waals surface area (Å²) in [5.41, 5.74) is 0.500. The van der Waals surface area contributed by atoms with Gasteiger partial charge in [-0.15, -0.1) is 11.3 Å². The summed E-state index contributed by atoms with van der Waals surface area (Å²) in [5.74, 6) is 0. The van der Waals surface area contributed by atoms with Gasteiger partial charge in [-0.1, -0.05) is 13.8 Å². The minimum Gasteiger partial charge on any atom is -0.396 e. The number of rotatable bonds is 2. The van der Waals surface area contributed by atoms with E-state index in [9.17, 15) is 13.2 Å². The zero-order chi connectivity index (χ0) is 12.1. The van der Waals surface area contributed by atoms with E-state index in [1.807, 2.05) is 13.8 Å². The molecule has 1 N–H and O–H groups in total. The van der Waals surface area contributed by atoms with Crippen LogP contribution in [0.1, 0.15) is 24.3 Å². The molecule has 0 amide bonds. The molecule has 0 saturated heterocycles. The molecule has 0 spiro atoms. The second-order valence-electron chi connectivity index (χ2n) is 2.38. The third-order valence-corrected chi connectivity index (χ3v) is 3.42. The molecule has 6 heteroatoms. The van der Waals surface area contributed by atoms with E-state index in [4.69, 9.17) is 5.11 Å². The van der Waals surface area contributed by atoms with Crippen LogP contribution >= 0.6 is 27.3 Å². The highest BCUT2D eigenvalue weighted by molar-refractivity contribution is 9.11. The van der Waals surface area contributed by atoms with E-state index in [1.165, 1.54) is 0 Å². The zero-order valence-corrected chi connectivity index (χ0v) is 10.8. The molecule has 15 heavy (non-hydrogen) atoms. The van der Waals surface area contributed by atoms with E-state index in [0.29, 0.717) is 20.7 Å². The van der Waals surface area contributed by atoms with Crippen LogP contribution in [0, 0.1) is 0 Å². The minimum absolute atomic E-state index is 0.146. The predicted molar refractivity (Wildman–Crippen MR) is 59.2 cm³/mol. The van der Waals surface area contributed by atoms with Crippen LogP contribution in [-0.4, -0.2) is 11.7 Å². The number of halogens is 4. The Labute approximate surface area is 99.1 Å². The third-order valence-electron chi connectivity index (χ3n) is 1.42. The van der Waals surface area contributed by atoms with Crippen LogP contribution in [0.2, 0.25) is 0 Å². The molecule has 0 aliphatic heterocycles. The van der Waals surface area contributed by atoms with Crippen molar-refractivity contribution < 1.29 is 18.3 Å². The van der Waals surface area contributed by atoms with E-state index < -0.39 is 11.1 Å². The van der Waals surface area contributed by atoms with Crippen LogP contribution in [0.15, 0.2) is 9.85 Å². The van der Waals surface area contributed by atoms with Crippen LogP contribution in [0.3, 0.4) is 0 Å². The molecule has 1 aromatic rings. The lowest BCUT2D eigenvalue weighted by molar-refractivity contribution is -0.134. The van der Waals surface area contributed by atoms with E-state index in [1.54, 1.807) is 0 Å². The number of hydrogen-bond donors (Lipinski definition) is 1. The largest absolute Gasteiger partial charge is 0.425 e. The van der Waals surface area contributed by atoms with Gasteiger partial charge in [-0.3, -0.25) is 0 Å². The average Bonchev–Trinajstić information content (AvgIpc) is 2.52. The van der Waals surface area contributed by atoms with Crippen molar-refractivity contribution in [2.75, 3.05) is 6.61 Å². The summed E-state index contributed by atoms with van der Waals surface area (Å²) in [6.45, 7) is 3.85. The van der Waals surface area contributed by atoms with Gasteiger partial charge in [0.05, 0.1) is 3.79 Å². The Hall–Kier alpha value is -0.0700. The first kappa shape index (κ1) is 14.9. The van der Waals surface area contributed by atoms with Gasteiger partial charge in [0.2, 0.25) is 0 Å². The SMILES string of the molecule is CC.OCCc1cc(C(F)(F)F)sc1Br. The maximum atomic E-state index is 12.1. The smallest absolute Gasteiger partial charge is 0.396 e. The molecular weight excluding hydrogens is 293 g/mol. The van der Waals surface area contributed by atoms with Crippen molar-refractivity contribution in [2.24, 2.45) is 0 Å². The minimum atomic E-state index is -4.29. The fraction of sp³-hybridized carbons (Fsp3) is 0.556. The Morgan fingerprint density at radius 1 is 1.40 bits per heavy atom. The molecule has 1 rings (SSSR count). The van der Waals surface area contributed by atoms with Crippen LogP contribution in [0.4, 0.5) is 13.2 Å². The highest BCUT2D eigenvalue weighted by Gasteiger charge is 2.33. The summed E-state index contributed by atoms with van der Waals surface area (Å²) in [6.07, 6.45) is -4.05. The first-order valence-electron chi connectivity index (χ1n) is 4.41. The molecule has 0 saturated carbocycles. The molecule has 1 nitrogen and oxygen atoms in total. The maximum absolute atomic E-state index is 12.1. The summed E-state index contributed by atoms with van der Waals surface area (Å²) in [4.78, 5) is -0.636. The lowest BCUT2D eigenvalue weighted by atomic mass is 10.2. The summed E-state index contributed by atoms with van der Waals surface area (Å²) in [6, 6.07) is 1.06. The molecule has 0 aromatic carbocycles. The first-order chi connectivity index (χ1) is 6.95. The summed E-state index contributed by atoms with van der Waals surface area (Å²) >= 11 is 3.66. The van der Waals surface area contributed by atoms with E-state index in [2.05, 4.69) is 15.9 Å². The summed E-state index contributed by atoms with van der Waals surface area (Å²) < 4.78 is 36.9. The van der Waals surface area contributed by atoms with Gasteiger partial charge in [-0.05, 0) is 34.0 Å². The topological polar surface area (TPSA) is 20.2 Å². The molecule has 0 aliphatic rings. The van der Waals surface area contributed by atoms with Gasteiger partial charge in [-0.2, -0.15) is 13.2 Å².